The van der Waals surface area contributed by atoms with Gasteiger partial charge in [0, 0.05) is 17.1 Å². The fourth-order valence-corrected chi connectivity index (χ4v) is 1.38. The molecule has 0 saturated heterocycles. The van der Waals surface area contributed by atoms with Crippen LogP contribution < -0.4 is 0 Å². The van der Waals surface area contributed by atoms with E-state index in [0.717, 1.165) is 16.5 Å². The second-order valence-corrected chi connectivity index (χ2v) is 2.98. The number of rotatable bonds is 1. The van der Waals surface area contributed by atoms with E-state index < -0.39 is 6.10 Å². The largest absolute Gasteiger partial charge is 0.389 e. The van der Waals surface area contributed by atoms with E-state index >= 15 is 0 Å². The van der Waals surface area contributed by atoms with Gasteiger partial charge in [0.15, 0.2) is 0 Å². The molecular weight excluding hydrogens is 164 g/mol. The molecule has 0 aliphatic rings. The Bertz CT molecular complexity index is 421. The van der Waals surface area contributed by atoms with Crippen molar-refractivity contribution in [2.45, 2.75) is 13.0 Å². The highest BCUT2D eigenvalue weighted by Gasteiger charge is 2.05. The minimum absolute atomic E-state index is 0.487. The van der Waals surface area contributed by atoms with E-state index in [0.29, 0.717) is 0 Å². The fourth-order valence-electron chi connectivity index (χ4n) is 1.38. The predicted octanol–water partition coefficient (Wildman–Crippen LogP) is 1.68. The van der Waals surface area contributed by atoms with Crippen LogP contribution in [0.15, 0.2) is 30.7 Å². The molecule has 0 amide bonds. The van der Waals surface area contributed by atoms with Gasteiger partial charge in [-0.2, -0.15) is 0 Å². The molecule has 1 unspecified atom stereocenters. The number of aromatic nitrogens is 2. The van der Waals surface area contributed by atoms with Crippen molar-refractivity contribution in [3.63, 3.8) is 0 Å². The molecule has 1 atom stereocenters. The molecule has 2 rings (SSSR count). The first-order valence-electron chi connectivity index (χ1n) is 4.16. The summed E-state index contributed by atoms with van der Waals surface area (Å²) < 4.78 is 0. The van der Waals surface area contributed by atoms with Crippen molar-refractivity contribution in [3.8, 4) is 0 Å². The van der Waals surface area contributed by atoms with Crippen molar-refractivity contribution < 1.29 is 5.11 Å². The van der Waals surface area contributed by atoms with E-state index in [1.807, 2.05) is 18.2 Å². The van der Waals surface area contributed by atoms with E-state index in [2.05, 4.69) is 9.97 Å². The third kappa shape index (κ3) is 1.38. The highest BCUT2D eigenvalue weighted by Crippen LogP contribution is 2.20. The Morgan fingerprint density at radius 1 is 1.38 bits per heavy atom. The van der Waals surface area contributed by atoms with Crippen molar-refractivity contribution >= 4 is 10.9 Å². The Balaban J connectivity index is 2.76. The minimum Gasteiger partial charge on any atom is -0.389 e. The molecule has 1 aromatic heterocycles. The monoisotopic (exact) mass is 174 g/mol. The molecule has 3 nitrogen and oxygen atoms in total. The Morgan fingerprint density at radius 3 is 3.00 bits per heavy atom. The first-order valence-corrected chi connectivity index (χ1v) is 4.16. The smallest absolute Gasteiger partial charge is 0.116 e. The number of para-hydroxylation sites is 1. The zero-order chi connectivity index (χ0) is 9.26. The third-order valence-electron chi connectivity index (χ3n) is 2.02. The summed E-state index contributed by atoms with van der Waals surface area (Å²) in [5.41, 5.74) is 1.67. The lowest BCUT2D eigenvalue weighted by atomic mass is 10.1. The summed E-state index contributed by atoms with van der Waals surface area (Å²) in [6.07, 6.45) is 2.75. The summed E-state index contributed by atoms with van der Waals surface area (Å²) in [5.74, 6) is 0. The van der Waals surface area contributed by atoms with E-state index in [9.17, 15) is 5.11 Å². The van der Waals surface area contributed by atoms with Crippen LogP contribution in [0, 0.1) is 0 Å². The lowest BCUT2D eigenvalue weighted by Gasteiger charge is -2.06. The molecule has 0 aliphatic heterocycles. The third-order valence-corrected chi connectivity index (χ3v) is 2.02. The van der Waals surface area contributed by atoms with Crippen LogP contribution in [-0.4, -0.2) is 15.1 Å². The van der Waals surface area contributed by atoms with Crippen LogP contribution in [0.4, 0.5) is 0 Å². The molecule has 1 heterocycles. The second kappa shape index (κ2) is 3.11. The van der Waals surface area contributed by atoms with E-state index in [1.165, 1.54) is 6.33 Å². The summed E-state index contributed by atoms with van der Waals surface area (Å²) in [6, 6.07) is 5.70. The van der Waals surface area contributed by atoms with Crippen molar-refractivity contribution in [2.75, 3.05) is 0 Å². The summed E-state index contributed by atoms with van der Waals surface area (Å²) in [5, 5.41) is 10.4. The molecule has 0 saturated carbocycles. The summed E-state index contributed by atoms with van der Waals surface area (Å²) >= 11 is 0. The minimum atomic E-state index is -0.487. The zero-order valence-corrected chi connectivity index (χ0v) is 7.31. The molecule has 0 radical (unpaired) electrons. The number of hydrogen-bond acceptors (Lipinski definition) is 3. The maximum atomic E-state index is 9.46. The van der Waals surface area contributed by atoms with Gasteiger partial charge in [0.25, 0.3) is 0 Å². The SMILES string of the molecule is CC(O)c1cccc2cncnc12. The predicted molar refractivity (Wildman–Crippen MR) is 50.2 cm³/mol. The van der Waals surface area contributed by atoms with Crippen molar-refractivity contribution in [1.82, 2.24) is 9.97 Å². The maximum absolute atomic E-state index is 9.46. The highest BCUT2D eigenvalue weighted by molar-refractivity contribution is 5.80. The summed E-state index contributed by atoms with van der Waals surface area (Å²) in [4.78, 5) is 8.05. The van der Waals surface area contributed by atoms with Crippen LogP contribution in [-0.2, 0) is 0 Å². The van der Waals surface area contributed by atoms with Crippen LogP contribution in [0.5, 0.6) is 0 Å². The van der Waals surface area contributed by atoms with Gasteiger partial charge in [-0.25, -0.2) is 9.97 Å². The van der Waals surface area contributed by atoms with Crippen LogP contribution >= 0.6 is 0 Å². The Morgan fingerprint density at radius 2 is 2.23 bits per heavy atom. The molecule has 2 aromatic rings. The number of benzene rings is 1. The number of aliphatic hydroxyl groups is 1. The van der Waals surface area contributed by atoms with Crippen LogP contribution in [0.25, 0.3) is 10.9 Å². The van der Waals surface area contributed by atoms with E-state index in [1.54, 1.807) is 13.1 Å². The average molecular weight is 174 g/mol. The Kier molecular flexibility index (Phi) is 1.94. The number of aliphatic hydroxyl groups excluding tert-OH is 1. The molecule has 1 aromatic carbocycles. The highest BCUT2D eigenvalue weighted by atomic mass is 16.3. The van der Waals surface area contributed by atoms with Gasteiger partial charge in [0.05, 0.1) is 11.6 Å². The molecular formula is C10H10N2O. The fraction of sp³-hybridized carbons (Fsp3) is 0.200. The number of hydrogen-bond donors (Lipinski definition) is 1. The van der Waals surface area contributed by atoms with Gasteiger partial charge >= 0.3 is 0 Å². The molecule has 0 fully saturated rings. The first kappa shape index (κ1) is 8.13. The van der Waals surface area contributed by atoms with E-state index in [4.69, 9.17) is 0 Å². The van der Waals surface area contributed by atoms with Crippen LogP contribution in [0.1, 0.15) is 18.6 Å². The molecule has 66 valence electrons. The quantitative estimate of drug-likeness (QED) is 0.715. The van der Waals surface area contributed by atoms with Crippen molar-refractivity contribution in [2.24, 2.45) is 0 Å². The van der Waals surface area contributed by atoms with Gasteiger partial charge in [-0.3, -0.25) is 0 Å². The number of fused-ring (bicyclic) bond motifs is 1. The zero-order valence-electron chi connectivity index (χ0n) is 7.31. The van der Waals surface area contributed by atoms with Gasteiger partial charge in [-0.1, -0.05) is 18.2 Å². The molecule has 1 N–H and O–H groups in total. The molecule has 13 heavy (non-hydrogen) atoms. The molecule has 0 spiro atoms. The van der Waals surface area contributed by atoms with Gasteiger partial charge in [0.2, 0.25) is 0 Å². The summed E-state index contributed by atoms with van der Waals surface area (Å²) in [7, 11) is 0. The van der Waals surface area contributed by atoms with Crippen LogP contribution in [0.3, 0.4) is 0 Å². The van der Waals surface area contributed by atoms with Crippen molar-refractivity contribution in [3.05, 3.63) is 36.3 Å². The molecule has 3 heteroatoms. The lowest BCUT2D eigenvalue weighted by molar-refractivity contribution is 0.200. The topological polar surface area (TPSA) is 46.0 Å². The van der Waals surface area contributed by atoms with Crippen molar-refractivity contribution in [1.29, 1.82) is 0 Å². The Labute approximate surface area is 76.1 Å². The van der Waals surface area contributed by atoms with Gasteiger partial charge in [-0.05, 0) is 6.92 Å². The lowest BCUT2D eigenvalue weighted by Crippen LogP contribution is -1.94. The van der Waals surface area contributed by atoms with Gasteiger partial charge in [-0.15, -0.1) is 0 Å². The van der Waals surface area contributed by atoms with Crippen LogP contribution in [0.2, 0.25) is 0 Å². The maximum Gasteiger partial charge on any atom is 0.116 e. The Hall–Kier alpha value is -1.48. The van der Waals surface area contributed by atoms with E-state index in [-0.39, 0.29) is 0 Å². The van der Waals surface area contributed by atoms with Gasteiger partial charge < -0.3 is 5.11 Å². The van der Waals surface area contributed by atoms with Gasteiger partial charge in [0.1, 0.15) is 6.33 Å². The molecule has 0 bridgehead atoms. The normalized spacial score (nSPS) is 13.1. The number of nitrogens with zero attached hydrogens (tertiary/aromatic N) is 2. The summed E-state index contributed by atoms with van der Waals surface area (Å²) in [6.45, 7) is 1.73. The first-order chi connectivity index (χ1) is 6.29. The molecule has 0 aliphatic carbocycles. The second-order valence-electron chi connectivity index (χ2n) is 2.98. The standard InChI is InChI=1S/C10H10N2O/c1-7(13)9-4-2-3-8-5-11-6-12-10(8)9/h2-7,13H,1H3. The average Bonchev–Trinajstić information content (AvgIpc) is 2.17.